The Morgan fingerprint density at radius 1 is 1.58 bits per heavy atom. The fourth-order valence-electron chi connectivity index (χ4n) is 1.07. The summed E-state index contributed by atoms with van der Waals surface area (Å²) in [6.07, 6.45) is 3.14. The predicted molar refractivity (Wildman–Crippen MR) is 49.8 cm³/mol. The van der Waals surface area contributed by atoms with E-state index in [4.69, 9.17) is 4.74 Å². The molecule has 0 aliphatic heterocycles. The molecule has 2 nitrogen and oxygen atoms in total. The van der Waals surface area contributed by atoms with Crippen LogP contribution in [0.3, 0.4) is 0 Å². The smallest absolute Gasteiger partial charge is 0.306 e. The molecule has 0 amide bonds. The second kappa shape index (κ2) is 4.96. The second-order valence-electron chi connectivity index (χ2n) is 3.64. The molecule has 0 aliphatic rings. The SMILES string of the molecule is C=CCC(C)(C)CC(=O)OCC. The molecule has 2 heteroatoms. The van der Waals surface area contributed by atoms with Crippen molar-refractivity contribution in [3.8, 4) is 0 Å². The summed E-state index contributed by atoms with van der Waals surface area (Å²) in [4.78, 5) is 11.1. The molecule has 0 N–H and O–H groups in total. The van der Waals surface area contributed by atoms with Crippen LogP contribution in [0.1, 0.15) is 33.6 Å². The summed E-state index contributed by atoms with van der Waals surface area (Å²) in [5.41, 5.74) is -0.0198. The van der Waals surface area contributed by atoms with Gasteiger partial charge >= 0.3 is 5.97 Å². The van der Waals surface area contributed by atoms with E-state index in [2.05, 4.69) is 6.58 Å². The van der Waals surface area contributed by atoms with Crippen molar-refractivity contribution in [2.75, 3.05) is 6.61 Å². The van der Waals surface area contributed by atoms with E-state index in [1.165, 1.54) is 0 Å². The lowest BCUT2D eigenvalue weighted by Crippen LogP contribution is -2.18. The average Bonchev–Trinajstić information content (AvgIpc) is 1.85. The molecular weight excluding hydrogens is 152 g/mol. The molecule has 0 bridgehead atoms. The lowest BCUT2D eigenvalue weighted by atomic mass is 9.86. The maximum atomic E-state index is 11.1. The zero-order valence-electron chi connectivity index (χ0n) is 8.22. The van der Waals surface area contributed by atoms with Crippen molar-refractivity contribution in [3.05, 3.63) is 12.7 Å². The Morgan fingerprint density at radius 3 is 2.58 bits per heavy atom. The first-order valence-corrected chi connectivity index (χ1v) is 4.28. The first-order valence-electron chi connectivity index (χ1n) is 4.28. The van der Waals surface area contributed by atoms with Crippen molar-refractivity contribution < 1.29 is 9.53 Å². The van der Waals surface area contributed by atoms with Gasteiger partial charge in [-0.2, -0.15) is 0 Å². The Balaban J connectivity index is 3.87. The van der Waals surface area contributed by atoms with E-state index in [0.29, 0.717) is 13.0 Å². The molecule has 0 aromatic carbocycles. The van der Waals surface area contributed by atoms with E-state index < -0.39 is 0 Å². The summed E-state index contributed by atoms with van der Waals surface area (Å²) in [7, 11) is 0. The van der Waals surface area contributed by atoms with Crippen molar-refractivity contribution in [3.63, 3.8) is 0 Å². The molecule has 0 rings (SSSR count). The van der Waals surface area contributed by atoms with Crippen LogP contribution in [0.4, 0.5) is 0 Å². The Labute approximate surface area is 74.6 Å². The molecule has 0 saturated heterocycles. The minimum atomic E-state index is -0.121. The van der Waals surface area contributed by atoms with Crippen LogP contribution < -0.4 is 0 Å². The summed E-state index contributed by atoms with van der Waals surface area (Å²) in [5.74, 6) is -0.121. The molecule has 0 aromatic rings. The molecule has 0 aromatic heterocycles. The third kappa shape index (κ3) is 4.94. The van der Waals surface area contributed by atoms with Gasteiger partial charge in [0.05, 0.1) is 13.0 Å². The zero-order valence-corrected chi connectivity index (χ0v) is 8.22. The quantitative estimate of drug-likeness (QED) is 0.468. The van der Waals surface area contributed by atoms with Crippen molar-refractivity contribution in [1.82, 2.24) is 0 Å². The number of ether oxygens (including phenoxy) is 1. The van der Waals surface area contributed by atoms with Gasteiger partial charge in [-0.1, -0.05) is 19.9 Å². The van der Waals surface area contributed by atoms with Crippen LogP contribution in [0.15, 0.2) is 12.7 Å². The third-order valence-electron chi connectivity index (χ3n) is 1.63. The monoisotopic (exact) mass is 170 g/mol. The van der Waals surface area contributed by atoms with Gasteiger partial charge in [0.1, 0.15) is 0 Å². The van der Waals surface area contributed by atoms with Crippen LogP contribution in [0, 0.1) is 5.41 Å². The number of allylic oxidation sites excluding steroid dienone is 1. The molecule has 12 heavy (non-hydrogen) atoms. The highest BCUT2D eigenvalue weighted by Gasteiger charge is 2.20. The van der Waals surface area contributed by atoms with Crippen LogP contribution in [-0.4, -0.2) is 12.6 Å². The first-order chi connectivity index (χ1) is 5.52. The molecule has 0 heterocycles. The highest BCUT2D eigenvalue weighted by atomic mass is 16.5. The van der Waals surface area contributed by atoms with E-state index in [0.717, 1.165) is 6.42 Å². The first kappa shape index (κ1) is 11.2. The summed E-state index contributed by atoms with van der Waals surface area (Å²) in [6.45, 7) is 9.99. The van der Waals surface area contributed by atoms with Gasteiger partial charge in [-0.05, 0) is 18.8 Å². The van der Waals surface area contributed by atoms with Crippen molar-refractivity contribution in [2.24, 2.45) is 5.41 Å². The largest absolute Gasteiger partial charge is 0.466 e. The molecule has 70 valence electrons. The molecule has 0 fully saturated rings. The van der Waals surface area contributed by atoms with Gasteiger partial charge in [-0.25, -0.2) is 0 Å². The third-order valence-corrected chi connectivity index (χ3v) is 1.63. The summed E-state index contributed by atoms with van der Waals surface area (Å²) >= 11 is 0. The van der Waals surface area contributed by atoms with Gasteiger partial charge in [0, 0.05) is 0 Å². The minimum absolute atomic E-state index is 0.0198. The standard InChI is InChI=1S/C10H18O2/c1-5-7-10(3,4)8-9(11)12-6-2/h5H,1,6-8H2,2-4H3. The molecular formula is C10H18O2. The van der Waals surface area contributed by atoms with Gasteiger partial charge in [0.15, 0.2) is 0 Å². The Bertz CT molecular complexity index is 159. The number of esters is 1. The number of carbonyl (C=O) groups is 1. The Kier molecular flexibility index (Phi) is 4.64. The number of carbonyl (C=O) groups excluding carboxylic acids is 1. The summed E-state index contributed by atoms with van der Waals surface area (Å²) in [6, 6.07) is 0. The molecule has 0 unspecified atom stereocenters. The Hall–Kier alpha value is -0.790. The van der Waals surface area contributed by atoms with Gasteiger partial charge in [-0.3, -0.25) is 4.79 Å². The molecule has 0 radical (unpaired) electrons. The minimum Gasteiger partial charge on any atom is -0.466 e. The molecule has 0 spiro atoms. The van der Waals surface area contributed by atoms with Crippen LogP contribution in [0.2, 0.25) is 0 Å². The predicted octanol–water partition coefficient (Wildman–Crippen LogP) is 2.54. The normalized spacial score (nSPS) is 10.9. The lowest BCUT2D eigenvalue weighted by Gasteiger charge is -2.20. The average molecular weight is 170 g/mol. The molecule has 0 atom stereocenters. The van der Waals surface area contributed by atoms with Crippen LogP contribution in [0.25, 0.3) is 0 Å². The van der Waals surface area contributed by atoms with E-state index in [-0.39, 0.29) is 11.4 Å². The van der Waals surface area contributed by atoms with Crippen LogP contribution >= 0.6 is 0 Å². The Morgan fingerprint density at radius 2 is 2.17 bits per heavy atom. The highest BCUT2D eigenvalue weighted by molar-refractivity contribution is 5.70. The van der Waals surface area contributed by atoms with E-state index in [1.807, 2.05) is 26.8 Å². The lowest BCUT2D eigenvalue weighted by molar-refractivity contribution is -0.145. The number of hydrogen-bond acceptors (Lipinski definition) is 2. The van der Waals surface area contributed by atoms with Gasteiger partial charge < -0.3 is 4.74 Å². The van der Waals surface area contributed by atoms with E-state index in [9.17, 15) is 4.79 Å². The van der Waals surface area contributed by atoms with Crippen LogP contribution in [0.5, 0.6) is 0 Å². The van der Waals surface area contributed by atoms with E-state index >= 15 is 0 Å². The van der Waals surface area contributed by atoms with Crippen LogP contribution in [-0.2, 0) is 9.53 Å². The number of hydrogen-bond donors (Lipinski definition) is 0. The fourth-order valence-corrected chi connectivity index (χ4v) is 1.07. The molecule has 0 aliphatic carbocycles. The zero-order chi connectivity index (χ0) is 9.61. The topological polar surface area (TPSA) is 26.3 Å². The van der Waals surface area contributed by atoms with Gasteiger partial charge in [0.25, 0.3) is 0 Å². The molecule has 0 saturated carbocycles. The second-order valence-corrected chi connectivity index (χ2v) is 3.64. The van der Waals surface area contributed by atoms with Gasteiger partial charge in [0.2, 0.25) is 0 Å². The maximum Gasteiger partial charge on any atom is 0.306 e. The van der Waals surface area contributed by atoms with Crippen molar-refractivity contribution in [1.29, 1.82) is 0 Å². The highest BCUT2D eigenvalue weighted by Crippen LogP contribution is 2.25. The summed E-state index contributed by atoms with van der Waals surface area (Å²) < 4.78 is 4.85. The van der Waals surface area contributed by atoms with E-state index in [1.54, 1.807) is 0 Å². The van der Waals surface area contributed by atoms with Crippen molar-refractivity contribution in [2.45, 2.75) is 33.6 Å². The van der Waals surface area contributed by atoms with Crippen molar-refractivity contribution >= 4 is 5.97 Å². The maximum absolute atomic E-state index is 11.1. The summed E-state index contributed by atoms with van der Waals surface area (Å²) in [5, 5.41) is 0. The van der Waals surface area contributed by atoms with Gasteiger partial charge in [-0.15, -0.1) is 6.58 Å². The number of rotatable bonds is 5. The fraction of sp³-hybridized carbons (Fsp3) is 0.700.